The number of amides is 3. The predicted octanol–water partition coefficient (Wildman–Crippen LogP) is 4.35. The van der Waals surface area contributed by atoms with Gasteiger partial charge in [0.25, 0.3) is 0 Å². The first-order valence-corrected chi connectivity index (χ1v) is 13.8. The Kier molecular flexibility index (Phi) is 10.5. The fourth-order valence-corrected chi connectivity index (χ4v) is 4.83. The molecule has 0 spiro atoms. The molecular formula is C29H45N3O7. The highest BCUT2D eigenvalue weighted by Crippen LogP contribution is 2.30. The van der Waals surface area contributed by atoms with Crippen LogP contribution in [0.25, 0.3) is 0 Å². The van der Waals surface area contributed by atoms with Gasteiger partial charge < -0.3 is 34.1 Å². The van der Waals surface area contributed by atoms with Gasteiger partial charge in [-0.05, 0) is 78.0 Å². The summed E-state index contributed by atoms with van der Waals surface area (Å²) in [6.07, 6.45) is 2.12. The molecule has 1 aromatic carbocycles. The first-order valence-electron chi connectivity index (χ1n) is 13.8. The predicted molar refractivity (Wildman–Crippen MR) is 146 cm³/mol. The number of rotatable bonds is 8. The van der Waals surface area contributed by atoms with Crippen molar-refractivity contribution < 1.29 is 33.3 Å². The number of carbonyl (C=O) groups is 3. The van der Waals surface area contributed by atoms with Gasteiger partial charge in [0.1, 0.15) is 18.0 Å². The van der Waals surface area contributed by atoms with Gasteiger partial charge in [-0.15, -0.1) is 0 Å². The van der Waals surface area contributed by atoms with Gasteiger partial charge in [-0.2, -0.15) is 0 Å². The van der Waals surface area contributed by atoms with Crippen LogP contribution in [-0.2, 0) is 25.5 Å². The number of nitrogens with one attached hydrogen (secondary N) is 1. The average Bonchev–Trinajstić information content (AvgIpc) is 2.90. The van der Waals surface area contributed by atoms with Crippen molar-refractivity contribution in [3.05, 3.63) is 29.8 Å². The minimum absolute atomic E-state index is 0.00322. The number of ether oxygens (including phenoxy) is 4. The van der Waals surface area contributed by atoms with Crippen molar-refractivity contribution in [2.24, 2.45) is 5.41 Å². The van der Waals surface area contributed by atoms with Crippen molar-refractivity contribution in [2.75, 3.05) is 40.0 Å². The van der Waals surface area contributed by atoms with Gasteiger partial charge in [0, 0.05) is 31.7 Å². The normalized spacial score (nSPS) is 20.1. The zero-order valence-electron chi connectivity index (χ0n) is 24.3. The summed E-state index contributed by atoms with van der Waals surface area (Å²) in [6, 6.07) is 7.67. The molecule has 0 bridgehead atoms. The number of methoxy groups -OCH3 is 1. The van der Waals surface area contributed by atoms with Gasteiger partial charge >= 0.3 is 12.2 Å². The van der Waals surface area contributed by atoms with Crippen LogP contribution in [0.15, 0.2) is 24.3 Å². The lowest BCUT2D eigenvalue weighted by Crippen LogP contribution is -2.51. The van der Waals surface area contributed by atoms with E-state index in [0.717, 1.165) is 37.0 Å². The van der Waals surface area contributed by atoms with Crippen LogP contribution in [-0.4, -0.2) is 85.6 Å². The van der Waals surface area contributed by atoms with Crippen LogP contribution < -0.4 is 10.1 Å². The molecule has 39 heavy (non-hydrogen) atoms. The van der Waals surface area contributed by atoms with E-state index in [1.165, 1.54) is 0 Å². The Morgan fingerprint density at radius 3 is 2.18 bits per heavy atom. The zero-order chi connectivity index (χ0) is 28.6. The summed E-state index contributed by atoms with van der Waals surface area (Å²) < 4.78 is 21.6. The molecule has 1 N–H and O–H groups in total. The van der Waals surface area contributed by atoms with Crippen LogP contribution in [0.4, 0.5) is 9.59 Å². The Labute approximate surface area is 232 Å². The molecule has 0 radical (unpaired) electrons. The maximum Gasteiger partial charge on any atom is 0.409 e. The second-order valence-corrected chi connectivity index (χ2v) is 12.0. The van der Waals surface area contributed by atoms with Crippen molar-refractivity contribution in [3.8, 4) is 5.75 Å². The van der Waals surface area contributed by atoms with E-state index in [-0.39, 0.29) is 24.6 Å². The van der Waals surface area contributed by atoms with E-state index in [0.29, 0.717) is 32.8 Å². The van der Waals surface area contributed by atoms with E-state index in [9.17, 15) is 14.4 Å². The van der Waals surface area contributed by atoms with E-state index in [1.54, 1.807) is 12.0 Å². The number of nitrogens with zero attached hydrogens (tertiary/aromatic N) is 2. The smallest absolute Gasteiger partial charge is 0.409 e. The molecule has 1 heterocycles. The highest BCUT2D eigenvalue weighted by Gasteiger charge is 2.39. The zero-order valence-corrected chi connectivity index (χ0v) is 24.3. The quantitative estimate of drug-likeness (QED) is 0.516. The van der Waals surface area contributed by atoms with Gasteiger partial charge in [-0.3, -0.25) is 4.79 Å². The van der Waals surface area contributed by atoms with Crippen LogP contribution in [0, 0.1) is 5.41 Å². The number of hydrogen-bond acceptors (Lipinski definition) is 7. The second-order valence-electron chi connectivity index (χ2n) is 12.0. The summed E-state index contributed by atoms with van der Waals surface area (Å²) >= 11 is 0. The van der Waals surface area contributed by atoms with E-state index >= 15 is 0 Å². The minimum Gasteiger partial charge on any atom is -0.497 e. The third kappa shape index (κ3) is 9.30. The molecule has 218 valence electrons. The molecule has 2 aliphatic rings. The second kappa shape index (κ2) is 13.4. The van der Waals surface area contributed by atoms with E-state index in [4.69, 9.17) is 18.9 Å². The highest BCUT2D eigenvalue weighted by atomic mass is 16.6. The molecule has 0 atom stereocenters. The average molecular weight is 548 g/mol. The Morgan fingerprint density at radius 1 is 1.00 bits per heavy atom. The molecule has 1 aliphatic heterocycles. The molecule has 1 saturated heterocycles. The third-order valence-corrected chi connectivity index (χ3v) is 7.04. The summed E-state index contributed by atoms with van der Waals surface area (Å²) in [5.41, 5.74) is -0.487. The third-order valence-electron chi connectivity index (χ3n) is 7.04. The Morgan fingerprint density at radius 2 is 1.62 bits per heavy atom. The molecule has 0 unspecified atom stereocenters. The fraction of sp³-hybridized carbons (Fsp3) is 0.690. The first kappa shape index (κ1) is 30.5. The topological polar surface area (TPSA) is 107 Å². The Balaban J connectivity index is 1.67. The largest absolute Gasteiger partial charge is 0.497 e. The van der Waals surface area contributed by atoms with Crippen molar-refractivity contribution in [1.29, 1.82) is 0 Å². The minimum atomic E-state index is -0.917. The van der Waals surface area contributed by atoms with Crippen molar-refractivity contribution in [2.45, 2.75) is 84.5 Å². The van der Waals surface area contributed by atoms with Gasteiger partial charge in [-0.25, -0.2) is 9.59 Å². The number of morpholine rings is 1. The van der Waals surface area contributed by atoms with Crippen molar-refractivity contribution >= 4 is 18.1 Å². The van der Waals surface area contributed by atoms with Gasteiger partial charge in [0.2, 0.25) is 5.91 Å². The first-order chi connectivity index (χ1) is 18.4. The monoisotopic (exact) mass is 547 g/mol. The fourth-order valence-electron chi connectivity index (χ4n) is 4.83. The number of benzene rings is 1. The Bertz CT molecular complexity index is 960. The molecule has 3 rings (SSSR count). The van der Waals surface area contributed by atoms with Crippen molar-refractivity contribution in [3.63, 3.8) is 0 Å². The lowest BCUT2D eigenvalue weighted by atomic mass is 9.86. The summed E-state index contributed by atoms with van der Waals surface area (Å²) in [7, 11) is 1.62. The molecule has 1 aromatic rings. The van der Waals surface area contributed by atoms with Gasteiger partial charge in [-0.1, -0.05) is 12.1 Å². The van der Waals surface area contributed by atoms with E-state index in [1.807, 2.05) is 63.8 Å². The summed E-state index contributed by atoms with van der Waals surface area (Å²) in [5, 5.41) is 2.97. The summed E-state index contributed by atoms with van der Waals surface area (Å²) in [5.74, 6) is 0.678. The van der Waals surface area contributed by atoms with Gasteiger partial charge in [0.15, 0.2) is 0 Å². The van der Waals surface area contributed by atoms with Gasteiger partial charge in [0.05, 0.1) is 25.7 Å². The lowest BCUT2D eigenvalue weighted by Gasteiger charge is -2.41. The van der Waals surface area contributed by atoms with Crippen LogP contribution in [0.1, 0.15) is 65.9 Å². The Hall–Kier alpha value is -3.01. The van der Waals surface area contributed by atoms with Crippen LogP contribution >= 0.6 is 0 Å². The highest BCUT2D eigenvalue weighted by molar-refractivity contribution is 5.83. The molecule has 3 amide bonds. The molecule has 2 fully saturated rings. The SMILES string of the molecule is COc1ccc(CN(C(=O)C(C)(C)COC(=O)N2CCOCC2)C2CCC(NC(=O)OC(C)(C)C)CC2)cc1. The lowest BCUT2D eigenvalue weighted by molar-refractivity contribution is -0.146. The number of alkyl carbamates (subject to hydrolysis) is 1. The van der Waals surface area contributed by atoms with Crippen molar-refractivity contribution in [1.82, 2.24) is 15.1 Å². The molecule has 1 aliphatic carbocycles. The van der Waals surface area contributed by atoms with Crippen LogP contribution in [0.2, 0.25) is 0 Å². The van der Waals surface area contributed by atoms with Crippen LogP contribution in [0.5, 0.6) is 5.75 Å². The maximum atomic E-state index is 14.0. The standard InChI is InChI=1S/C29H45N3O7/c1-28(2,3)39-26(34)30-22-9-11-23(12-10-22)32(19-21-7-13-24(36-6)14-8-21)25(33)29(4,5)20-38-27(35)31-15-17-37-18-16-31/h7-8,13-14,22-23H,9-12,15-20H2,1-6H3,(H,30,34). The van der Waals surface area contributed by atoms with Crippen LogP contribution in [0.3, 0.4) is 0 Å². The maximum absolute atomic E-state index is 14.0. The molecule has 0 aromatic heterocycles. The molecule has 10 heteroatoms. The van der Waals surface area contributed by atoms with E-state index in [2.05, 4.69) is 5.32 Å². The number of hydrogen-bond donors (Lipinski definition) is 1. The summed E-state index contributed by atoms with van der Waals surface area (Å²) in [6.45, 7) is 11.5. The van der Waals surface area contributed by atoms with E-state index < -0.39 is 23.2 Å². The molecular weight excluding hydrogens is 502 g/mol. The molecule has 1 saturated carbocycles. The number of carbonyl (C=O) groups excluding carboxylic acids is 3. The molecule has 10 nitrogen and oxygen atoms in total. The summed E-state index contributed by atoms with van der Waals surface area (Å²) in [4.78, 5) is 42.3.